The summed E-state index contributed by atoms with van der Waals surface area (Å²) in [6, 6.07) is 5.28. The van der Waals surface area contributed by atoms with Crippen molar-refractivity contribution in [1.29, 1.82) is 0 Å². The lowest BCUT2D eigenvalue weighted by Crippen LogP contribution is -2.48. The Labute approximate surface area is 143 Å². The van der Waals surface area contributed by atoms with Crippen molar-refractivity contribution < 1.29 is 13.2 Å². The summed E-state index contributed by atoms with van der Waals surface area (Å²) in [5, 5.41) is 2.91. The van der Waals surface area contributed by atoms with Gasteiger partial charge in [0.05, 0.1) is 4.90 Å². The number of carbonyl (C=O) groups excluding carboxylic acids is 1. The quantitative estimate of drug-likeness (QED) is 0.876. The van der Waals surface area contributed by atoms with Gasteiger partial charge in [0, 0.05) is 23.9 Å². The third-order valence-electron chi connectivity index (χ3n) is 5.64. The maximum absolute atomic E-state index is 12.6. The molecule has 1 amide bonds. The number of hydrogen-bond acceptors (Lipinski definition) is 4. The summed E-state index contributed by atoms with van der Waals surface area (Å²) < 4.78 is 23.7. The Morgan fingerprint density at radius 3 is 2.42 bits per heavy atom. The largest absolute Gasteiger partial charge is 0.327 e. The first-order chi connectivity index (χ1) is 11.3. The minimum absolute atomic E-state index is 0.0119. The van der Waals surface area contributed by atoms with E-state index in [1.165, 1.54) is 12.7 Å². The predicted molar refractivity (Wildman–Crippen MR) is 94.4 cm³/mol. The first kappa shape index (κ1) is 17.4. The molecule has 3 N–H and O–H groups in total. The molecule has 2 aliphatic rings. The van der Waals surface area contributed by atoms with E-state index in [9.17, 15) is 13.2 Å². The van der Waals surface area contributed by atoms with E-state index < -0.39 is 9.84 Å². The van der Waals surface area contributed by atoms with Crippen LogP contribution in [0.3, 0.4) is 0 Å². The van der Waals surface area contributed by atoms with E-state index in [0.29, 0.717) is 23.1 Å². The molecule has 6 heteroatoms. The van der Waals surface area contributed by atoms with Gasteiger partial charge in [-0.3, -0.25) is 4.79 Å². The molecule has 5 nitrogen and oxygen atoms in total. The van der Waals surface area contributed by atoms with Crippen LogP contribution in [0.5, 0.6) is 0 Å². The van der Waals surface area contributed by atoms with E-state index in [-0.39, 0.29) is 22.8 Å². The van der Waals surface area contributed by atoms with Gasteiger partial charge in [0.25, 0.3) is 0 Å². The zero-order chi connectivity index (χ0) is 17.5. The normalized spacial score (nSPS) is 30.0. The number of anilines is 1. The second-order valence-corrected chi connectivity index (χ2v) is 9.42. The summed E-state index contributed by atoms with van der Waals surface area (Å²) >= 11 is 0. The first-order valence-corrected chi connectivity index (χ1v) is 10.5. The maximum atomic E-state index is 12.6. The topological polar surface area (TPSA) is 89.3 Å². The number of nitrogens with one attached hydrogen (secondary N) is 1. The molecule has 0 radical (unpaired) electrons. The van der Waals surface area contributed by atoms with Crippen LogP contribution in [-0.2, 0) is 14.6 Å². The fourth-order valence-corrected chi connectivity index (χ4v) is 5.32. The monoisotopic (exact) mass is 350 g/mol. The molecule has 2 aliphatic carbocycles. The number of aryl methyl sites for hydroxylation is 1. The molecular formula is C18H26N2O3S. The Kier molecular flexibility index (Phi) is 4.71. The molecule has 2 fully saturated rings. The van der Waals surface area contributed by atoms with Gasteiger partial charge in [0.15, 0.2) is 9.84 Å². The van der Waals surface area contributed by atoms with Crippen LogP contribution in [0.2, 0.25) is 0 Å². The van der Waals surface area contributed by atoms with E-state index in [2.05, 4.69) is 5.32 Å². The second-order valence-electron chi connectivity index (χ2n) is 7.44. The standard InChI is InChI=1S/C18H26N2O3S/c1-11-6-7-15(10-16(11)24(2,22)23)20-18(21)14-8-12-4-3-5-13(9-14)17(12)19/h6-7,10,12-14,17H,3-5,8-9,19H2,1-2H3,(H,20,21). The average Bonchev–Trinajstić information content (AvgIpc) is 2.47. The van der Waals surface area contributed by atoms with Crippen LogP contribution in [0.4, 0.5) is 5.69 Å². The van der Waals surface area contributed by atoms with Gasteiger partial charge in [0.1, 0.15) is 0 Å². The van der Waals surface area contributed by atoms with Crippen molar-refractivity contribution in [2.75, 3.05) is 11.6 Å². The molecule has 2 unspecified atom stereocenters. The Bertz CT molecular complexity index is 731. The average molecular weight is 350 g/mol. The van der Waals surface area contributed by atoms with Crippen molar-refractivity contribution in [3.8, 4) is 0 Å². The minimum atomic E-state index is -3.30. The van der Waals surface area contributed by atoms with Gasteiger partial charge in [-0.05, 0) is 62.1 Å². The van der Waals surface area contributed by atoms with Crippen molar-refractivity contribution >= 4 is 21.4 Å². The molecule has 3 rings (SSSR count). The summed E-state index contributed by atoms with van der Waals surface area (Å²) in [4.78, 5) is 12.9. The van der Waals surface area contributed by atoms with Crippen molar-refractivity contribution in [2.45, 2.75) is 50.0 Å². The zero-order valence-corrected chi connectivity index (χ0v) is 15.1. The highest BCUT2D eigenvalue weighted by molar-refractivity contribution is 7.90. The number of nitrogens with two attached hydrogens (primary N) is 1. The molecule has 132 valence electrons. The molecule has 2 saturated carbocycles. The second kappa shape index (κ2) is 6.48. The Balaban J connectivity index is 1.74. The lowest BCUT2D eigenvalue weighted by atomic mass is 9.65. The van der Waals surface area contributed by atoms with Gasteiger partial charge < -0.3 is 11.1 Å². The molecule has 1 aromatic carbocycles. The number of rotatable bonds is 3. The van der Waals surface area contributed by atoms with Crippen molar-refractivity contribution in [3.05, 3.63) is 23.8 Å². The van der Waals surface area contributed by atoms with Crippen molar-refractivity contribution in [2.24, 2.45) is 23.5 Å². The fourth-order valence-electron chi connectivity index (χ4n) is 4.32. The number of amides is 1. The number of hydrogen-bond donors (Lipinski definition) is 2. The third-order valence-corrected chi connectivity index (χ3v) is 6.88. The summed E-state index contributed by atoms with van der Waals surface area (Å²) in [7, 11) is -3.30. The fraction of sp³-hybridized carbons (Fsp3) is 0.611. The minimum Gasteiger partial charge on any atom is -0.327 e. The van der Waals surface area contributed by atoms with E-state index >= 15 is 0 Å². The van der Waals surface area contributed by atoms with Gasteiger partial charge in [0.2, 0.25) is 5.91 Å². The summed E-state index contributed by atoms with van der Waals surface area (Å²) in [5.74, 6) is 0.848. The van der Waals surface area contributed by atoms with Crippen LogP contribution < -0.4 is 11.1 Å². The molecular weight excluding hydrogens is 324 g/mol. The summed E-state index contributed by atoms with van der Waals surface area (Å²) in [6.45, 7) is 1.76. The first-order valence-electron chi connectivity index (χ1n) is 8.63. The molecule has 0 spiro atoms. The Morgan fingerprint density at radius 1 is 1.21 bits per heavy atom. The van der Waals surface area contributed by atoms with Gasteiger partial charge in [-0.2, -0.15) is 0 Å². The number of carbonyl (C=O) groups is 1. The third kappa shape index (κ3) is 3.49. The molecule has 2 bridgehead atoms. The predicted octanol–water partition coefficient (Wildman–Crippen LogP) is 2.49. The van der Waals surface area contributed by atoms with Crippen molar-refractivity contribution in [3.63, 3.8) is 0 Å². The highest BCUT2D eigenvalue weighted by atomic mass is 32.2. The molecule has 24 heavy (non-hydrogen) atoms. The maximum Gasteiger partial charge on any atom is 0.227 e. The van der Waals surface area contributed by atoms with Gasteiger partial charge in [-0.1, -0.05) is 12.5 Å². The van der Waals surface area contributed by atoms with Crippen LogP contribution >= 0.6 is 0 Å². The van der Waals surface area contributed by atoms with Crippen LogP contribution in [0.15, 0.2) is 23.1 Å². The number of benzene rings is 1. The van der Waals surface area contributed by atoms with Crippen LogP contribution in [0, 0.1) is 24.7 Å². The lowest BCUT2D eigenvalue weighted by molar-refractivity contribution is -0.122. The summed E-state index contributed by atoms with van der Waals surface area (Å²) in [6.07, 6.45) is 6.31. The van der Waals surface area contributed by atoms with E-state index in [0.717, 1.165) is 25.7 Å². The van der Waals surface area contributed by atoms with Crippen molar-refractivity contribution in [1.82, 2.24) is 0 Å². The van der Waals surface area contributed by atoms with E-state index in [1.54, 1.807) is 25.1 Å². The number of sulfone groups is 1. The molecule has 0 aromatic heterocycles. The van der Waals surface area contributed by atoms with Gasteiger partial charge in [-0.15, -0.1) is 0 Å². The lowest BCUT2D eigenvalue weighted by Gasteiger charge is -2.43. The molecule has 0 aliphatic heterocycles. The van der Waals surface area contributed by atoms with Gasteiger partial charge >= 0.3 is 0 Å². The highest BCUT2D eigenvalue weighted by Crippen LogP contribution is 2.42. The van der Waals surface area contributed by atoms with Crippen LogP contribution in [0.25, 0.3) is 0 Å². The molecule has 2 atom stereocenters. The highest BCUT2D eigenvalue weighted by Gasteiger charge is 2.40. The Hall–Kier alpha value is -1.40. The number of fused-ring (bicyclic) bond motifs is 2. The Morgan fingerprint density at radius 2 is 1.83 bits per heavy atom. The molecule has 0 heterocycles. The molecule has 1 aromatic rings. The van der Waals surface area contributed by atoms with E-state index in [4.69, 9.17) is 5.73 Å². The zero-order valence-electron chi connectivity index (χ0n) is 14.3. The SMILES string of the molecule is Cc1ccc(NC(=O)C2CC3CCCC(C2)C3N)cc1S(C)(=O)=O. The summed E-state index contributed by atoms with van der Waals surface area (Å²) in [5.41, 5.74) is 7.52. The van der Waals surface area contributed by atoms with Crippen LogP contribution in [0.1, 0.15) is 37.7 Å². The van der Waals surface area contributed by atoms with E-state index in [1.807, 2.05) is 0 Å². The van der Waals surface area contributed by atoms with Gasteiger partial charge in [-0.25, -0.2) is 8.42 Å². The molecule has 0 saturated heterocycles. The smallest absolute Gasteiger partial charge is 0.227 e. The van der Waals surface area contributed by atoms with Crippen LogP contribution in [-0.4, -0.2) is 26.6 Å².